The number of phenolic OH excluding ortho intramolecular Hbond substituents is 1. The molecule has 7 unspecified atom stereocenters. The number of fused-ring (bicyclic) bond motifs is 3. The molecule has 1 saturated heterocycles. The lowest BCUT2D eigenvalue weighted by molar-refractivity contribution is -0.157. The van der Waals surface area contributed by atoms with Crippen LogP contribution in [0.2, 0.25) is 0 Å². The van der Waals surface area contributed by atoms with Gasteiger partial charge in [-0.25, -0.2) is 4.39 Å². The van der Waals surface area contributed by atoms with Crippen LogP contribution in [0.15, 0.2) is 6.07 Å². The monoisotopic (exact) mass is 528 g/mol. The van der Waals surface area contributed by atoms with Gasteiger partial charge in [-0.1, -0.05) is 6.92 Å². The van der Waals surface area contributed by atoms with Crippen LogP contribution in [0.25, 0.3) is 0 Å². The number of likely N-dealkylation sites (tertiary alicyclic amines) is 1. The number of nitrogens with one attached hydrogen (secondary N) is 1. The Kier molecular flexibility index (Phi) is 6.32. The van der Waals surface area contributed by atoms with Crippen molar-refractivity contribution in [1.29, 1.82) is 5.41 Å². The molecule has 204 valence electrons. The highest BCUT2D eigenvalue weighted by atomic mass is 19.1. The van der Waals surface area contributed by atoms with Crippen molar-refractivity contribution in [1.82, 2.24) is 9.80 Å². The van der Waals surface area contributed by atoms with E-state index >= 15 is 4.39 Å². The SMILES string of the molecule is CCN1CCCC1c1cc(O)c2c(c1F)CC1CC3C(N(C)C)C(=O)C(C(N)=O)C(=N)C3(O)C(=O)C1C2=O. The van der Waals surface area contributed by atoms with Gasteiger partial charge in [0.25, 0.3) is 0 Å². The Bertz CT molecular complexity index is 1280. The lowest BCUT2D eigenvalue weighted by Crippen LogP contribution is -2.73. The topological polar surface area (TPSA) is 165 Å². The minimum absolute atomic E-state index is 0.0323. The molecule has 0 aromatic heterocycles. The van der Waals surface area contributed by atoms with Crippen LogP contribution in [0.4, 0.5) is 4.39 Å². The number of primary amides is 1. The predicted molar refractivity (Wildman–Crippen MR) is 133 cm³/mol. The molecule has 3 fully saturated rings. The average Bonchev–Trinajstić information content (AvgIpc) is 3.31. The third-order valence-corrected chi connectivity index (χ3v) is 9.21. The summed E-state index contributed by atoms with van der Waals surface area (Å²) in [6, 6.07) is -0.0841. The lowest BCUT2D eigenvalue weighted by atomic mass is 9.52. The maximum Gasteiger partial charge on any atom is 0.233 e. The van der Waals surface area contributed by atoms with Crippen molar-refractivity contribution in [2.45, 2.75) is 50.3 Å². The molecule has 38 heavy (non-hydrogen) atoms. The van der Waals surface area contributed by atoms with Gasteiger partial charge in [0.05, 0.1) is 23.2 Å². The lowest BCUT2D eigenvalue weighted by Gasteiger charge is -2.53. The Hall–Kier alpha value is -3.02. The number of rotatable bonds is 4. The predicted octanol–water partition coefficient (Wildman–Crippen LogP) is 0.614. The van der Waals surface area contributed by atoms with Crippen LogP contribution in [0, 0.1) is 34.9 Å². The van der Waals surface area contributed by atoms with Gasteiger partial charge in [0.2, 0.25) is 5.91 Å². The quantitative estimate of drug-likeness (QED) is 0.413. The van der Waals surface area contributed by atoms with Gasteiger partial charge in [0, 0.05) is 23.1 Å². The van der Waals surface area contributed by atoms with E-state index in [1.165, 1.54) is 11.0 Å². The number of ketones is 3. The van der Waals surface area contributed by atoms with E-state index in [9.17, 15) is 29.4 Å². The second-order valence-corrected chi connectivity index (χ2v) is 11.3. The molecular weight excluding hydrogens is 495 g/mol. The van der Waals surface area contributed by atoms with Crippen LogP contribution in [0.3, 0.4) is 0 Å². The largest absolute Gasteiger partial charge is 0.507 e. The molecule has 11 heteroatoms. The number of carbonyl (C=O) groups is 4. The number of benzene rings is 1. The molecule has 0 spiro atoms. The molecule has 0 radical (unpaired) electrons. The molecule has 1 aliphatic heterocycles. The Labute approximate surface area is 219 Å². The number of aromatic hydroxyl groups is 1. The van der Waals surface area contributed by atoms with Crippen LogP contribution in [-0.4, -0.2) is 87.8 Å². The number of aliphatic hydroxyl groups is 1. The molecule has 1 amide bonds. The summed E-state index contributed by atoms with van der Waals surface area (Å²) in [4.78, 5) is 56.5. The highest BCUT2D eigenvalue weighted by molar-refractivity contribution is 6.33. The summed E-state index contributed by atoms with van der Waals surface area (Å²) in [5.74, 6) is -9.82. The number of nitrogens with two attached hydrogens (primary N) is 1. The molecule has 10 nitrogen and oxygen atoms in total. The van der Waals surface area contributed by atoms with Crippen LogP contribution in [0.5, 0.6) is 5.75 Å². The Morgan fingerprint density at radius 3 is 2.61 bits per heavy atom. The second kappa shape index (κ2) is 9.03. The highest BCUT2D eigenvalue weighted by Crippen LogP contribution is 2.51. The van der Waals surface area contributed by atoms with Gasteiger partial charge in [-0.2, -0.15) is 0 Å². The third-order valence-electron chi connectivity index (χ3n) is 9.21. The van der Waals surface area contributed by atoms with Gasteiger partial charge in [-0.3, -0.25) is 29.0 Å². The van der Waals surface area contributed by atoms with E-state index in [-0.39, 0.29) is 30.0 Å². The van der Waals surface area contributed by atoms with Gasteiger partial charge < -0.3 is 21.4 Å². The van der Waals surface area contributed by atoms with Crippen LogP contribution < -0.4 is 5.73 Å². The summed E-state index contributed by atoms with van der Waals surface area (Å²) in [7, 11) is 3.11. The molecule has 1 heterocycles. The summed E-state index contributed by atoms with van der Waals surface area (Å²) in [6.07, 6.45) is 1.52. The van der Waals surface area contributed by atoms with Crippen molar-refractivity contribution in [3.8, 4) is 5.75 Å². The number of phenols is 1. The van der Waals surface area contributed by atoms with E-state index in [1.807, 2.05) is 6.92 Å². The molecule has 5 N–H and O–H groups in total. The number of hydrogen-bond acceptors (Lipinski definition) is 9. The van der Waals surface area contributed by atoms with Crippen LogP contribution in [0.1, 0.15) is 53.7 Å². The maximum absolute atomic E-state index is 16.0. The summed E-state index contributed by atoms with van der Waals surface area (Å²) in [5, 5.41) is 31.1. The van der Waals surface area contributed by atoms with Gasteiger partial charge in [-0.15, -0.1) is 0 Å². The minimum Gasteiger partial charge on any atom is -0.507 e. The van der Waals surface area contributed by atoms with E-state index in [1.54, 1.807) is 14.1 Å². The molecule has 1 aromatic rings. The number of halogens is 1. The zero-order chi connectivity index (χ0) is 27.8. The number of hydrogen-bond donors (Lipinski definition) is 4. The summed E-state index contributed by atoms with van der Waals surface area (Å²) >= 11 is 0. The number of carbonyl (C=O) groups excluding carboxylic acids is 4. The van der Waals surface area contributed by atoms with E-state index in [4.69, 9.17) is 11.1 Å². The first-order valence-electron chi connectivity index (χ1n) is 13.0. The number of Topliss-reactive ketones (excluding diaryl/α,β-unsaturated/α-hetero) is 3. The fraction of sp³-hybridized carbons (Fsp3) is 0.593. The maximum atomic E-state index is 16.0. The van der Waals surface area contributed by atoms with E-state index in [2.05, 4.69) is 4.90 Å². The molecular formula is C27H33FN4O6. The summed E-state index contributed by atoms with van der Waals surface area (Å²) in [5.41, 5.74) is 2.07. The Morgan fingerprint density at radius 1 is 1.32 bits per heavy atom. The molecule has 7 atom stereocenters. The van der Waals surface area contributed by atoms with Crippen LogP contribution in [-0.2, 0) is 20.8 Å². The van der Waals surface area contributed by atoms with Crippen molar-refractivity contribution < 1.29 is 33.8 Å². The third kappa shape index (κ3) is 3.44. The second-order valence-electron chi connectivity index (χ2n) is 11.3. The first-order chi connectivity index (χ1) is 17.9. The highest BCUT2D eigenvalue weighted by Gasteiger charge is 2.67. The molecule has 3 aliphatic carbocycles. The first kappa shape index (κ1) is 26.6. The zero-order valence-electron chi connectivity index (χ0n) is 21.7. The average molecular weight is 529 g/mol. The van der Waals surface area contributed by atoms with E-state index < -0.39 is 75.8 Å². The van der Waals surface area contributed by atoms with E-state index in [0.29, 0.717) is 18.5 Å². The summed E-state index contributed by atoms with van der Waals surface area (Å²) in [6.45, 7) is 3.48. The number of likely N-dealkylation sites (N-methyl/N-ethyl adjacent to an activating group) is 1. The smallest absolute Gasteiger partial charge is 0.233 e. The zero-order valence-corrected chi connectivity index (χ0v) is 21.7. The standard InChI is InChI=1S/C27H33FN4O6/c1-4-32-7-5-6-15(32)12-10-16(33)18-13(20(12)28)8-11-9-14-21(31(2)3)23(35)19(26(30)37)24(29)27(14,38)25(36)17(11)22(18)34/h10-11,14-15,17,19,21,29,33,38H,4-9H2,1-3H3,(H2,30,37). The van der Waals surface area contributed by atoms with Crippen molar-refractivity contribution in [3.05, 3.63) is 28.6 Å². The van der Waals surface area contributed by atoms with Gasteiger partial charge in [0.15, 0.2) is 23.0 Å². The summed E-state index contributed by atoms with van der Waals surface area (Å²) < 4.78 is 16.0. The molecule has 0 bridgehead atoms. The minimum atomic E-state index is -2.57. The molecule has 4 aliphatic rings. The van der Waals surface area contributed by atoms with Gasteiger partial charge >= 0.3 is 0 Å². The van der Waals surface area contributed by atoms with Gasteiger partial charge in [0.1, 0.15) is 17.5 Å². The van der Waals surface area contributed by atoms with Crippen molar-refractivity contribution in [2.24, 2.45) is 29.4 Å². The normalized spacial score (nSPS) is 35.3. The Morgan fingerprint density at radius 2 is 2.00 bits per heavy atom. The molecule has 5 rings (SSSR count). The Balaban J connectivity index is 1.62. The number of amides is 1. The van der Waals surface area contributed by atoms with Gasteiger partial charge in [-0.05, 0) is 64.9 Å². The van der Waals surface area contributed by atoms with Crippen molar-refractivity contribution in [2.75, 3.05) is 27.2 Å². The van der Waals surface area contributed by atoms with Crippen LogP contribution >= 0.6 is 0 Å². The number of nitrogens with zero attached hydrogens (tertiary/aromatic N) is 2. The fourth-order valence-corrected chi connectivity index (χ4v) is 7.52. The van der Waals surface area contributed by atoms with E-state index in [0.717, 1.165) is 13.0 Å². The fourth-order valence-electron chi connectivity index (χ4n) is 7.52. The molecule has 2 saturated carbocycles. The van der Waals surface area contributed by atoms with Crippen molar-refractivity contribution in [3.63, 3.8) is 0 Å². The van der Waals surface area contributed by atoms with Crippen molar-refractivity contribution >= 4 is 29.0 Å². The molecule has 1 aromatic carbocycles. The first-order valence-corrected chi connectivity index (χ1v) is 13.0.